The summed E-state index contributed by atoms with van der Waals surface area (Å²) in [5.74, 6) is 0.203. The fourth-order valence-electron chi connectivity index (χ4n) is 2.71. The van der Waals surface area contributed by atoms with Crippen LogP contribution in [0.3, 0.4) is 0 Å². The third-order valence-corrected chi connectivity index (χ3v) is 4.78. The van der Waals surface area contributed by atoms with Gasteiger partial charge in [0.25, 0.3) is 5.56 Å². The first-order valence-electron chi connectivity index (χ1n) is 8.37. The number of hydrogen-bond acceptors (Lipinski definition) is 4. The van der Waals surface area contributed by atoms with E-state index < -0.39 is 0 Å². The van der Waals surface area contributed by atoms with Gasteiger partial charge in [-0.1, -0.05) is 34.8 Å². The fraction of sp³-hybridized carbons (Fsp3) is 0.150. The topological polar surface area (TPSA) is 61.2 Å². The van der Waals surface area contributed by atoms with Gasteiger partial charge in [-0.25, -0.2) is 4.68 Å². The Morgan fingerprint density at radius 3 is 2.46 bits per heavy atom. The van der Waals surface area contributed by atoms with Crippen molar-refractivity contribution in [3.8, 4) is 5.75 Å². The third kappa shape index (κ3) is 4.38. The van der Waals surface area contributed by atoms with Crippen LogP contribution < -0.4 is 10.3 Å². The summed E-state index contributed by atoms with van der Waals surface area (Å²) in [6.45, 7) is 2.44. The number of halogens is 3. The number of nitrogens with zero attached hydrogens (tertiary/aromatic N) is 2. The van der Waals surface area contributed by atoms with Gasteiger partial charge in [-0.3, -0.25) is 9.59 Å². The average Bonchev–Trinajstić information content (AvgIpc) is 2.64. The van der Waals surface area contributed by atoms with Crippen molar-refractivity contribution in [2.75, 3.05) is 6.61 Å². The molecule has 0 saturated carbocycles. The van der Waals surface area contributed by atoms with Gasteiger partial charge in [0.2, 0.25) is 0 Å². The van der Waals surface area contributed by atoms with Gasteiger partial charge in [-0.05, 0) is 43.3 Å². The summed E-state index contributed by atoms with van der Waals surface area (Å²) in [6, 6.07) is 10.9. The van der Waals surface area contributed by atoms with Crippen LogP contribution in [0.2, 0.25) is 15.1 Å². The molecule has 0 aliphatic rings. The van der Waals surface area contributed by atoms with Crippen LogP contribution in [0.5, 0.6) is 5.75 Å². The largest absolute Gasteiger partial charge is 0.494 e. The minimum absolute atomic E-state index is 0.151. The van der Waals surface area contributed by atoms with Crippen LogP contribution in [0.1, 0.15) is 28.4 Å². The fourth-order valence-corrected chi connectivity index (χ4v) is 3.70. The molecule has 0 aliphatic carbocycles. The molecule has 0 spiro atoms. The van der Waals surface area contributed by atoms with Crippen LogP contribution in [0, 0.1) is 0 Å². The Bertz CT molecular complexity index is 1070. The molecule has 28 heavy (non-hydrogen) atoms. The molecule has 0 saturated heterocycles. The van der Waals surface area contributed by atoms with E-state index in [2.05, 4.69) is 5.10 Å². The lowest BCUT2D eigenvalue weighted by molar-refractivity contribution is 0.103. The molecule has 0 radical (unpaired) electrons. The van der Waals surface area contributed by atoms with E-state index in [0.717, 1.165) is 0 Å². The Kier molecular flexibility index (Phi) is 6.39. The number of aromatic nitrogens is 2. The Morgan fingerprint density at radius 2 is 1.82 bits per heavy atom. The van der Waals surface area contributed by atoms with Crippen LogP contribution in [-0.4, -0.2) is 22.2 Å². The zero-order chi connectivity index (χ0) is 20.3. The Morgan fingerprint density at radius 1 is 1.11 bits per heavy atom. The van der Waals surface area contributed by atoms with E-state index in [1.807, 2.05) is 6.92 Å². The summed E-state index contributed by atoms with van der Waals surface area (Å²) in [4.78, 5) is 25.0. The highest BCUT2D eigenvalue weighted by atomic mass is 35.5. The highest BCUT2D eigenvalue weighted by molar-refractivity contribution is 6.43. The Hall–Kier alpha value is -2.34. The lowest BCUT2D eigenvalue weighted by Crippen LogP contribution is -2.22. The van der Waals surface area contributed by atoms with Crippen molar-refractivity contribution in [1.29, 1.82) is 0 Å². The second kappa shape index (κ2) is 8.78. The van der Waals surface area contributed by atoms with E-state index in [1.54, 1.807) is 24.3 Å². The standard InChI is InChI=1S/C20H15Cl3N2O3/c1-2-28-17-6-5-12(8-13(17)11-25-18(26)4-3-7-24-25)20(27)19-15(22)9-14(21)10-16(19)23/h3-10H,2,11H2,1H3. The quantitative estimate of drug-likeness (QED) is 0.516. The van der Waals surface area contributed by atoms with Gasteiger partial charge >= 0.3 is 0 Å². The minimum atomic E-state index is -0.357. The van der Waals surface area contributed by atoms with Crippen LogP contribution in [0.15, 0.2) is 53.5 Å². The number of carbonyl (C=O) groups excluding carboxylic acids is 1. The second-order valence-corrected chi connectivity index (χ2v) is 7.10. The van der Waals surface area contributed by atoms with Gasteiger partial charge in [0.15, 0.2) is 5.78 Å². The molecular formula is C20H15Cl3N2O3. The van der Waals surface area contributed by atoms with Crippen molar-refractivity contribution in [2.24, 2.45) is 0 Å². The van der Waals surface area contributed by atoms with Crippen molar-refractivity contribution in [3.63, 3.8) is 0 Å². The molecule has 3 aromatic rings. The monoisotopic (exact) mass is 436 g/mol. The first-order valence-corrected chi connectivity index (χ1v) is 9.51. The van der Waals surface area contributed by atoms with Crippen molar-refractivity contribution in [2.45, 2.75) is 13.5 Å². The molecular weight excluding hydrogens is 423 g/mol. The van der Waals surface area contributed by atoms with Gasteiger partial charge in [-0.2, -0.15) is 5.10 Å². The summed E-state index contributed by atoms with van der Waals surface area (Å²) in [5, 5.41) is 4.72. The first-order chi connectivity index (χ1) is 13.4. The number of benzene rings is 2. The molecule has 0 aliphatic heterocycles. The summed E-state index contributed by atoms with van der Waals surface area (Å²) in [5.41, 5.74) is 0.895. The number of ether oxygens (including phenoxy) is 1. The molecule has 1 aromatic heterocycles. The van der Waals surface area contributed by atoms with E-state index in [1.165, 1.54) is 29.1 Å². The molecule has 1 heterocycles. The van der Waals surface area contributed by atoms with Gasteiger partial charge in [0.1, 0.15) is 5.75 Å². The maximum atomic E-state index is 13.0. The number of ketones is 1. The summed E-state index contributed by atoms with van der Waals surface area (Å²) in [6.07, 6.45) is 1.52. The summed E-state index contributed by atoms with van der Waals surface area (Å²) < 4.78 is 6.91. The van der Waals surface area contributed by atoms with Gasteiger partial charge in [-0.15, -0.1) is 0 Å². The second-order valence-electron chi connectivity index (χ2n) is 5.85. The molecule has 0 amide bonds. The molecule has 5 nitrogen and oxygen atoms in total. The van der Waals surface area contributed by atoms with Crippen LogP contribution in [0.25, 0.3) is 0 Å². The smallest absolute Gasteiger partial charge is 0.267 e. The van der Waals surface area contributed by atoms with E-state index in [9.17, 15) is 9.59 Å². The van der Waals surface area contributed by atoms with E-state index in [-0.39, 0.29) is 33.5 Å². The Labute approximate surface area is 176 Å². The van der Waals surface area contributed by atoms with Gasteiger partial charge < -0.3 is 4.74 Å². The van der Waals surface area contributed by atoms with Crippen LogP contribution in [0.4, 0.5) is 0 Å². The summed E-state index contributed by atoms with van der Waals surface area (Å²) >= 11 is 18.3. The number of hydrogen-bond donors (Lipinski definition) is 0. The highest BCUT2D eigenvalue weighted by Crippen LogP contribution is 2.32. The molecule has 0 fully saturated rings. The normalized spacial score (nSPS) is 10.7. The molecule has 3 rings (SSSR count). The molecule has 144 valence electrons. The first kappa shape index (κ1) is 20.4. The van der Waals surface area contributed by atoms with E-state index in [0.29, 0.717) is 28.5 Å². The summed E-state index contributed by atoms with van der Waals surface area (Å²) in [7, 11) is 0. The van der Waals surface area contributed by atoms with Crippen molar-refractivity contribution >= 4 is 40.6 Å². The van der Waals surface area contributed by atoms with Gasteiger partial charge in [0.05, 0.1) is 28.8 Å². The maximum absolute atomic E-state index is 13.0. The van der Waals surface area contributed by atoms with Crippen molar-refractivity contribution < 1.29 is 9.53 Å². The number of carbonyl (C=O) groups is 1. The minimum Gasteiger partial charge on any atom is -0.494 e. The predicted octanol–water partition coefficient (Wildman–Crippen LogP) is 4.88. The van der Waals surface area contributed by atoms with Crippen LogP contribution >= 0.6 is 34.8 Å². The molecule has 8 heteroatoms. The predicted molar refractivity (Wildman–Crippen MR) is 110 cm³/mol. The zero-order valence-corrected chi connectivity index (χ0v) is 17.1. The van der Waals surface area contributed by atoms with Gasteiger partial charge in [0, 0.05) is 28.4 Å². The lowest BCUT2D eigenvalue weighted by Gasteiger charge is -2.13. The van der Waals surface area contributed by atoms with E-state index in [4.69, 9.17) is 39.5 Å². The molecule has 0 atom stereocenters. The van der Waals surface area contributed by atoms with Crippen molar-refractivity contribution in [3.05, 3.63) is 90.8 Å². The zero-order valence-electron chi connectivity index (χ0n) is 14.8. The molecule has 0 bridgehead atoms. The highest BCUT2D eigenvalue weighted by Gasteiger charge is 2.19. The van der Waals surface area contributed by atoms with Crippen LogP contribution in [-0.2, 0) is 6.54 Å². The molecule has 0 unspecified atom stereocenters. The van der Waals surface area contributed by atoms with E-state index >= 15 is 0 Å². The van der Waals surface area contributed by atoms with Crippen molar-refractivity contribution in [1.82, 2.24) is 9.78 Å². The maximum Gasteiger partial charge on any atom is 0.267 e. The number of rotatable bonds is 6. The Balaban J connectivity index is 2.05. The molecule has 0 N–H and O–H groups in total. The average molecular weight is 438 g/mol. The third-order valence-electron chi connectivity index (χ3n) is 3.96. The lowest BCUT2D eigenvalue weighted by atomic mass is 10.0. The molecule has 2 aromatic carbocycles. The SMILES string of the molecule is CCOc1ccc(C(=O)c2c(Cl)cc(Cl)cc2Cl)cc1Cn1ncccc1=O.